The van der Waals surface area contributed by atoms with Gasteiger partial charge in [-0.15, -0.1) is 0 Å². The lowest BCUT2D eigenvalue weighted by atomic mass is 9.82. The molecule has 6 aromatic carbocycles. The number of hydrogen-bond donors (Lipinski definition) is 0. The van der Waals surface area contributed by atoms with Gasteiger partial charge in [-0.3, -0.25) is 0 Å². The van der Waals surface area contributed by atoms with Crippen LogP contribution in [0.1, 0.15) is 25.0 Å². The van der Waals surface area contributed by atoms with Crippen LogP contribution >= 0.6 is 15.9 Å². The normalized spacial score (nSPS) is 13.7. The van der Waals surface area contributed by atoms with Crippen molar-refractivity contribution in [3.8, 4) is 27.9 Å². The van der Waals surface area contributed by atoms with Crippen LogP contribution in [-0.2, 0) is 5.41 Å². The second-order valence-electron chi connectivity index (χ2n) is 11.2. The van der Waals surface area contributed by atoms with Crippen LogP contribution in [0.15, 0.2) is 126 Å². The van der Waals surface area contributed by atoms with Gasteiger partial charge >= 0.3 is 0 Å². The van der Waals surface area contributed by atoms with Gasteiger partial charge in [0.25, 0.3) is 0 Å². The first-order valence-corrected chi connectivity index (χ1v) is 14.3. The first-order valence-electron chi connectivity index (χ1n) is 13.5. The molecule has 0 spiro atoms. The quantitative estimate of drug-likeness (QED) is 0.197. The molecule has 7 aromatic rings. The largest absolute Gasteiger partial charge is 0.309 e. The van der Waals surface area contributed by atoms with Gasteiger partial charge in [-0.25, -0.2) is 0 Å². The van der Waals surface area contributed by atoms with Crippen LogP contribution in [0.4, 0.5) is 0 Å². The molecule has 0 aliphatic heterocycles. The number of rotatable bonds is 2. The third kappa shape index (κ3) is 3.25. The molecule has 1 aromatic heterocycles. The van der Waals surface area contributed by atoms with E-state index in [-0.39, 0.29) is 5.41 Å². The molecule has 2 heteroatoms. The summed E-state index contributed by atoms with van der Waals surface area (Å²) in [5, 5.41) is 5.15. The van der Waals surface area contributed by atoms with Crippen molar-refractivity contribution in [3.05, 3.63) is 137 Å². The number of hydrogen-bond acceptors (Lipinski definition) is 0. The Morgan fingerprint density at radius 2 is 1.28 bits per heavy atom. The zero-order chi connectivity index (χ0) is 26.3. The molecule has 0 unspecified atom stereocenters. The average molecular weight is 565 g/mol. The molecule has 1 nitrogen and oxygen atoms in total. The summed E-state index contributed by atoms with van der Waals surface area (Å²) >= 11 is 3.58. The van der Waals surface area contributed by atoms with Crippen LogP contribution in [0.3, 0.4) is 0 Å². The molecule has 0 radical (unpaired) electrons. The van der Waals surface area contributed by atoms with Crippen LogP contribution in [0.5, 0.6) is 0 Å². The monoisotopic (exact) mass is 563 g/mol. The molecule has 39 heavy (non-hydrogen) atoms. The van der Waals surface area contributed by atoms with Crippen LogP contribution in [0, 0.1) is 0 Å². The predicted molar refractivity (Wildman–Crippen MR) is 169 cm³/mol. The van der Waals surface area contributed by atoms with E-state index in [1.807, 2.05) is 0 Å². The first kappa shape index (κ1) is 22.8. The Labute approximate surface area is 236 Å². The Bertz CT molecular complexity index is 2090. The van der Waals surface area contributed by atoms with Gasteiger partial charge < -0.3 is 4.57 Å². The lowest BCUT2D eigenvalue weighted by molar-refractivity contribution is 0.660. The van der Waals surface area contributed by atoms with Gasteiger partial charge in [0.15, 0.2) is 0 Å². The fourth-order valence-corrected chi connectivity index (χ4v) is 7.00. The van der Waals surface area contributed by atoms with Crippen molar-refractivity contribution in [3.63, 3.8) is 0 Å². The Balaban J connectivity index is 1.45. The molecule has 1 aliphatic rings. The summed E-state index contributed by atoms with van der Waals surface area (Å²) in [6.07, 6.45) is 0. The van der Waals surface area contributed by atoms with Crippen molar-refractivity contribution in [2.24, 2.45) is 0 Å². The molecule has 0 amide bonds. The van der Waals surface area contributed by atoms with E-state index < -0.39 is 0 Å². The molecule has 1 heterocycles. The number of fused-ring (bicyclic) bond motifs is 8. The molecule has 0 fully saturated rings. The Hall–Kier alpha value is -4.14. The molecule has 1 aliphatic carbocycles. The molecule has 0 N–H and O–H groups in total. The molecular weight excluding hydrogens is 538 g/mol. The predicted octanol–water partition coefficient (Wildman–Crippen LogP) is 10.7. The number of nitrogens with zero attached hydrogens (tertiary/aromatic N) is 1. The van der Waals surface area contributed by atoms with Crippen molar-refractivity contribution in [2.75, 3.05) is 0 Å². The highest BCUT2D eigenvalue weighted by Gasteiger charge is 2.35. The van der Waals surface area contributed by atoms with Gasteiger partial charge in [0.2, 0.25) is 0 Å². The zero-order valence-electron chi connectivity index (χ0n) is 21.9. The Kier molecular flexibility index (Phi) is 4.78. The van der Waals surface area contributed by atoms with Crippen molar-refractivity contribution in [1.82, 2.24) is 4.57 Å². The minimum Gasteiger partial charge on any atom is -0.309 e. The number of benzene rings is 6. The Morgan fingerprint density at radius 1 is 0.564 bits per heavy atom. The third-order valence-electron chi connectivity index (χ3n) is 8.66. The van der Waals surface area contributed by atoms with Gasteiger partial charge in [0.05, 0.1) is 11.0 Å². The standard InChI is InChI=1S/C37H26BrN/c1-37(2)32-10-6-5-9-29(32)30-22-27(17-18-33(30)37)39-34-19-14-25(23-11-15-26(38)16-12-23)21-31(34)36-28-8-4-3-7-24(28)13-20-35(36)39/h3-22H,1-2H3. The SMILES string of the molecule is CC1(C)c2ccccc2-c2cc(-n3c4ccc(-c5ccc(Br)cc5)cc4c4c5ccccc5ccc43)ccc21. The van der Waals surface area contributed by atoms with E-state index >= 15 is 0 Å². The fraction of sp³-hybridized carbons (Fsp3) is 0.0811. The van der Waals surface area contributed by atoms with Crippen LogP contribution in [0.25, 0.3) is 60.5 Å². The first-order chi connectivity index (χ1) is 19.0. The topological polar surface area (TPSA) is 4.93 Å². The van der Waals surface area contributed by atoms with E-state index in [2.05, 4.69) is 156 Å². The third-order valence-corrected chi connectivity index (χ3v) is 9.19. The van der Waals surface area contributed by atoms with E-state index in [1.165, 1.54) is 71.6 Å². The maximum absolute atomic E-state index is 3.58. The summed E-state index contributed by atoms with van der Waals surface area (Å²) in [6.45, 7) is 4.68. The summed E-state index contributed by atoms with van der Waals surface area (Å²) < 4.78 is 3.55. The van der Waals surface area contributed by atoms with Crippen LogP contribution in [-0.4, -0.2) is 4.57 Å². The van der Waals surface area contributed by atoms with E-state index in [0.29, 0.717) is 0 Å². The smallest absolute Gasteiger partial charge is 0.0547 e. The second kappa shape index (κ2) is 8.18. The molecule has 0 bridgehead atoms. The summed E-state index contributed by atoms with van der Waals surface area (Å²) in [5.41, 5.74) is 11.6. The highest BCUT2D eigenvalue weighted by atomic mass is 79.9. The molecule has 186 valence electrons. The lowest BCUT2D eigenvalue weighted by Gasteiger charge is -2.21. The molecule has 0 saturated heterocycles. The van der Waals surface area contributed by atoms with E-state index in [1.54, 1.807) is 0 Å². The van der Waals surface area contributed by atoms with Crippen LogP contribution in [0.2, 0.25) is 0 Å². The number of halogens is 1. The molecular formula is C37H26BrN. The van der Waals surface area contributed by atoms with Gasteiger partial charge in [0.1, 0.15) is 0 Å². The van der Waals surface area contributed by atoms with Crippen molar-refractivity contribution in [1.29, 1.82) is 0 Å². The highest BCUT2D eigenvalue weighted by Crippen LogP contribution is 2.49. The van der Waals surface area contributed by atoms with Gasteiger partial charge in [-0.2, -0.15) is 0 Å². The van der Waals surface area contributed by atoms with E-state index in [0.717, 1.165) is 4.47 Å². The van der Waals surface area contributed by atoms with Crippen LogP contribution < -0.4 is 0 Å². The van der Waals surface area contributed by atoms with Crippen molar-refractivity contribution in [2.45, 2.75) is 19.3 Å². The minimum absolute atomic E-state index is 0.00105. The van der Waals surface area contributed by atoms with Gasteiger partial charge in [0, 0.05) is 26.3 Å². The highest BCUT2D eigenvalue weighted by molar-refractivity contribution is 9.10. The fourth-order valence-electron chi connectivity index (χ4n) is 6.74. The van der Waals surface area contributed by atoms with Crippen molar-refractivity contribution < 1.29 is 0 Å². The maximum Gasteiger partial charge on any atom is 0.0547 e. The van der Waals surface area contributed by atoms with Gasteiger partial charge in [-0.05, 0) is 86.6 Å². The molecule has 0 atom stereocenters. The number of aromatic nitrogens is 1. The van der Waals surface area contributed by atoms with Gasteiger partial charge in [-0.1, -0.05) is 109 Å². The molecule has 8 rings (SSSR count). The van der Waals surface area contributed by atoms with Crippen molar-refractivity contribution >= 4 is 48.5 Å². The average Bonchev–Trinajstić information content (AvgIpc) is 3.42. The summed E-state index contributed by atoms with van der Waals surface area (Å²) in [6, 6.07) is 44.8. The second-order valence-corrected chi connectivity index (χ2v) is 12.1. The minimum atomic E-state index is 0.00105. The van der Waals surface area contributed by atoms with E-state index in [9.17, 15) is 0 Å². The van der Waals surface area contributed by atoms with E-state index in [4.69, 9.17) is 0 Å². The summed E-state index contributed by atoms with van der Waals surface area (Å²) in [5.74, 6) is 0. The molecule has 0 saturated carbocycles. The zero-order valence-corrected chi connectivity index (χ0v) is 23.5. The lowest BCUT2D eigenvalue weighted by Crippen LogP contribution is -2.14. The maximum atomic E-state index is 3.58. The Morgan fingerprint density at radius 3 is 2.15 bits per heavy atom. The summed E-state index contributed by atoms with van der Waals surface area (Å²) in [4.78, 5) is 0. The summed E-state index contributed by atoms with van der Waals surface area (Å²) in [7, 11) is 0.